The van der Waals surface area contributed by atoms with E-state index in [0.717, 1.165) is 17.7 Å². The third kappa shape index (κ3) is 3.71. The van der Waals surface area contributed by atoms with Crippen LogP contribution in [0.15, 0.2) is 48.7 Å². The first-order valence-corrected chi connectivity index (χ1v) is 6.39. The molecule has 0 aliphatic carbocycles. The average Bonchev–Trinajstić information content (AvgIpc) is 2.46. The summed E-state index contributed by atoms with van der Waals surface area (Å²) in [5, 5.41) is 14.1. The molecule has 0 atom stereocenters. The van der Waals surface area contributed by atoms with Gasteiger partial charge in [-0.2, -0.15) is 0 Å². The zero-order valence-corrected chi connectivity index (χ0v) is 11.2. The minimum Gasteiger partial charge on any atom is -0.616 e. The van der Waals surface area contributed by atoms with Crippen molar-refractivity contribution in [1.82, 2.24) is 0 Å². The quantitative estimate of drug-likeness (QED) is 0.668. The summed E-state index contributed by atoms with van der Waals surface area (Å²) in [6, 6.07) is 12.4. The number of hydrogen-bond acceptors (Lipinski definition) is 3. The van der Waals surface area contributed by atoms with E-state index in [-0.39, 0.29) is 18.4 Å². The Labute approximate surface area is 117 Å². The molecule has 1 heterocycles. The fraction of sp³-hybridized carbons (Fsp3) is 0.200. The SMILES string of the molecule is CCc1cccc(NC(=O)COc2cccc[n+]2[O-])c1. The molecule has 1 amide bonds. The summed E-state index contributed by atoms with van der Waals surface area (Å²) < 4.78 is 5.74. The first kappa shape index (κ1) is 13.9. The number of aryl methyl sites for hydroxylation is 1. The van der Waals surface area contributed by atoms with Crippen molar-refractivity contribution in [3.8, 4) is 5.88 Å². The van der Waals surface area contributed by atoms with Crippen molar-refractivity contribution in [3.63, 3.8) is 0 Å². The highest BCUT2D eigenvalue weighted by Gasteiger charge is 2.08. The highest BCUT2D eigenvalue weighted by molar-refractivity contribution is 5.91. The summed E-state index contributed by atoms with van der Waals surface area (Å²) in [7, 11) is 0. The molecule has 104 valence electrons. The molecular weight excluding hydrogens is 256 g/mol. The summed E-state index contributed by atoms with van der Waals surface area (Å²) in [5.41, 5.74) is 1.87. The third-order valence-corrected chi connectivity index (χ3v) is 2.76. The van der Waals surface area contributed by atoms with E-state index in [1.165, 1.54) is 12.3 Å². The number of nitrogens with one attached hydrogen (secondary N) is 1. The Morgan fingerprint density at radius 3 is 2.90 bits per heavy atom. The molecule has 5 nitrogen and oxygen atoms in total. The molecule has 0 saturated heterocycles. The first-order chi connectivity index (χ1) is 9.69. The van der Waals surface area contributed by atoms with Gasteiger partial charge in [0.05, 0.1) is 6.07 Å². The molecule has 0 aliphatic heterocycles. The number of hydrogen-bond donors (Lipinski definition) is 1. The molecule has 5 heteroatoms. The van der Waals surface area contributed by atoms with Gasteiger partial charge in [-0.3, -0.25) is 4.79 Å². The molecule has 0 spiro atoms. The minimum atomic E-state index is -0.304. The van der Waals surface area contributed by atoms with Crippen LogP contribution in [0.1, 0.15) is 12.5 Å². The predicted octanol–water partition coefficient (Wildman–Crippen LogP) is 1.90. The Bertz CT molecular complexity index is 599. The highest BCUT2D eigenvalue weighted by Crippen LogP contribution is 2.11. The van der Waals surface area contributed by atoms with Crippen molar-refractivity contribution in [1.29, 1.82) is 0 Å². The molecule has 1 aromatic heterocycles. The lowest BCUT2D eigenvalue weighted by atomic mass is 10.1. The standard InChI is InChI=1S/C15H16N2O3/c1-2-12-6-5-7-13(10-12)16-14(18)11-20-15-8-3-4-9-17(15)19/h3-10H,2,11H2,1H3,(H,16,18). The largest absolute Gasteiger partial charge is 0.616 e. The maximum atomic E-state index is 11.7. The lowest BCUT2D eigenvalue weighted by Crippen LogP contribution is -2.30. The van der Waals surface area contributed by atoms with E-state index in [4.69, 9.17) is 4.74 Å². The monoisotopic (exact) mass is 272 g/mol. The van der Waals surface area contributed by atoms with Crippen molar-refractivity contribution in [3.05, 3.63) is 59.4 Å². The normalized spacial score (nSPS) is 10.1. The molecule has 20 heavy (non-hydrogen) atoms. The van der Waals surface area contributed by atoms with Crippen LogP contribution < -0.4 is 14.8 Å². The Kier molecular flexibility index (Phi) is 4.55. The second kappa shape index (κ2) is 6.56. The number of carbonyl (C=O) groups is 1. The van der Waals surface area contributed by atoms with Crippen LogP contribution in [-0.4, -0.2) is 12.5 Å². The van der Waals surface area contributed by atoms with Gasteiger partial charge in [-0.15, -0.1) is 4.73 Å². The van der Waals surface area contributed by atoms with Crippen LogP contribution in [-0.2, 0) is 11.2 Å². The smallest absolute Gasteiger partial charge is 0.379 e. The Hall–Kier alpha value is -2.56. The summed E-state index contributed by atoms with van der Waals surface area (Å²) in [4.78, 5) is 11.7. The second-order valence-electron chi connectivity index (χ2n) is 4.26. The van der Waals surface area contributed by atoms with Crippen LogP contribution in [0.25, 0.3) is 0 Å². The van der Waals surface area contributed by atoms with Crippen molar-refractivity contribution in [2.24, 2.45) is 0 Å². The molecular formula is C15H16N2O3. The van der Waals surface area contributed by atoms with Crippen molar-refractivity contribution >= 4 is 11.6 Å². The summed E-state index contributed by atoms with van der Waals surface area (Å²) in [6.45, 7) is 1.84. The molecule has 1 aromatic carbocycles. The minimum absolute atomic E-state index is 0.102. The fourth-order valence-electron chi connectivity index (χ4n) is 1.73. The topological polar surface area (TPSA) is 65.3 Å². The number of ether oxygens (including phenoxy) is 1. The zero-order valence-electron chi connectivity index (χ0n) is 11.2. The van der Waals surface area contributed by atoms with E-state index in [0.29, 0.717) is 4.73 Å². The van der Waals surface area contributed by atoms with Crippen LogP contribution in [0.4, 0.5) is 5.69 Å². The molecule has 2 aromatic rings. The van der Waals surface area contributed by atoms with E-state index in [1.54, 1.807) is 12.1 Å². The van der Waals surface area contributed by atoms with E-state index >= 15 is 0 Å². The number of aromatic nitrogens is 1. The van der Waals surface area contributed by atoms with Crippen molar-refractivity contribution in [2.75, 3.05) is 11.9 Å². The first-order valence-electron chi connectivity index (χ1n) is 6.39. The van der Waals surface area contributed by atoms with Gasteiger partial charge < -0.3 is 15.3 Å². The van der Waals surface area contributed by atoms with Gasteiger partial charge in [-0.1, -0.05) is 19.1 Å². The molecule has 0 bridgehead atoms. The van der Waals surface area contributed by atoms with E-state index in [1.807, 2.05) is 31.2 Å². The molecule has 1 N–H and O–H groups in total. The summed E-state index contributed by atoms with van der Waals surface area (Å²) in [6.07, 6.45) is 2.22. The number of carbonyl (C=O) groups excluding carboxylic acids is 1. The third-order valence-electron chi connectivity index (χ3n) is 2.76. The van der Waals surface area contributed by atoms with Crippen molar-refractivity contribution in [2.45, 2.75) is 13.3 Å². The maximum Gasteiger partial charge on any atom is 0.379 e. The highest BCUT2D eigenvalue weighted by atomic mass is 16.6. The average molecular weight is 272 g/mol. The van der Waals surface area contributed by atoms with Crippen LogP contribution in [0, 0.1) is 5.21 Å². The summed E-state index contributed by atoms with van der Waals surface area (Å²) in [5.74, 6) is -0.202. The van der Waals surface area contributed by atoms with Gasteiger partial charge in [0.15, 0.2) is 12.8 Å². The molecule has 0 saturated carbocycles. The van der Waals surface area contributed by atoms with E-state index in [9.17, 15) is 10.0 Å². The molecule has 2 rings (SSSR count). The summed E-state index contributed by atoms with van der Waals surface area (Å²) >= 11 is 0. The van der Waals surface area contributed by atoms with Gasteiger partial charge in [0.25, 0.3) is 5.91 Å². The van der Waals surface area contributed by atoms with E-state index < -0.39 is 0 Å². The number of anilines is 1. The molecule has 0 fully saturated rings. The predicted molar refractivity (Wildman–Crippen MR) is 75.3 cm³/mol. The fourth-order valence-corrected chi connectivity index (χ4v) is 1.73. The van der Waals surface area contributed by atoms with Crippen LogP contribution in [0.5, 0.6) is 5.88 Å². The number of nitrogens with zero attached hydrogens (tertiary/aromatic N) is 1. The van der Waals surface area contributed by atoms with Gasteiger partial charge >= 0.3 is 5.88 Å². The number of benzene rings is 1. The molecule has 0 aliphatic rings. The zero-order chi connectivity index (χ0) is 14.4. The lowest BCUT2D eigenvalue weighted by Gasteiger charge is -2.08. The molecule has 0 radical (unpaired) electrons. The Morgan fingerprint density at radius 2 is 2.15 bits per heavy atom. The Balaban J connectivity index is 1.91. The van der Waals surface area contributed by atoms with Crippen molar-refractivity contribution < 1.29 is 14.3 Å². The maximum absolute atomic E-state index is 11.7. The lowest BCUT2D eigenvalue weighted by molar-refractivity contribution is -0.612. The van der Waals surface area contributed by atoms with Crippen LogP contribution >= 0.6 is 0 Å². The van der Waals surface area contributed by atoms with E-state index in [2.05, 4.69) is 5.32 Å². The van der Waals surface area contributed by atoms with Gasteiger partial charge in [-0.25, -0.2) is 0 Å². The van der Waals surface area contributed by atoms with Gasteiger partial charge in [0.1, 0.15) is 0 Å². The van der Waals surface area contributed by atoms with Gasteiger partial charge in [-0.05, 0) is 30.2 Å². The second-order valence-corrected chi connectivity index (χ2v) is 4.26. The van der Waals surface area contributed by atoms with Gasteiger partial charge in [0.2, 0.25) is 0 Å². The number of amides is 1. The number of rotatable bonds is 5. The van der Waals surface area contributed by atoms with Gasteiger partial charge in [0, 0.05) is 11.8 Å². The van der Waals surface area contributed by atoms with Crippen LogP contribution in [0.2, 0.25) is 0 Å². The number of pyridine rings is 1. The Morgan fingerprint density at radius 1 is 1.30 bits per heavy atom. The van der Waals surface area contributed by atoms with Crippen LogP contribution in [0.3, 0.4) is 0 Å². The molecule has 0 unspecified atom stereocenters.